The number of amides is 3. The van der Waals surface area contributed by atoms with Crippen molar-refractivity contribution in [2.75, 3.05) is 31.6 Å². The second-order valence-electron chi connectivity index (χ2n) is 16.4. The molecule has 6 aromatic rings. The minimum atomic E-state index is -1.06. The number of nitrogens with two attached hydrogens (primary N) is 1. The van der Waals surface area contributed by atoms with Crippen molar-refractivity contribution in [1.29, 1.82) is 5.41 Å². The number of nitrogens with zero attached hydrogens (tertiary/aromatic N) is 2. The second kappa shape index (κ2) is 19.8. The Labute approximate surface area is 366 Å². The van der Waals surface area contributed by atoms with Crippen LogP contribution in [0, 0.1) is 11.2 Å². The van der Waals surface area contributed by atoms with Crippen LogP contribution in [0.5, 0.6) is 0 Å². The topological polar surface area (TPSA) is 167 Å². The Morgan fingerprint density at radius 3 is 2.16 bits per heavy atom. The monoisotopic (exact) mass is 848 g/mol. The smallest absolute Gasteiger partial charge is 0.407 e. The molecule has 1 aliphatic carbocycles. The first-order valence-electron chi connectivity index (χ1n) is 21.6. The highest BCUT2D eigenvalue weighted by Gasteiger charge is 2.31. The van der Waals surface area contributed by atoms with Gasteiger partial charge in [0.1, 0.15) is 24.5 Å². The van der Waals surface area contributed by atoms with Crippen molar-refractivity contribution >= 4 is 40.5 Å². The minimum absolute atomic E-state index is 0.0683. The van der Waals surface area contributed by atoms with E-state index in [1.807, 2.05) is 84.9 Å². The van der Waals surface area contributed by atoms with E-state index in [9.17, 15) is 18.8 Å². The summed E-state index contributed by atoms with van der Waals surface area (Å²) < 4.78 is 21.7. The largest absolute Gasteiger partial charge is 0.449 e. The molecule has 0 spiro atoms. The van der Waals surface area contributed by atoms with Gasteiger partial charge < -0.3 is 36.3 Å². The van der Waals surface area contributed by atoms with E-state index >= 15 is 0 Å². The van der Waals surface area contributed by atoms with Crippen LogP contribution in [0.4, 0.5) is 14.9 Å². The van der Waals surface area contributed by atoms with Crippen LogP contribution < -0.4 is 27.0 Å². The fraction of sp³-hybridized carbons (Fsp3) is 0.280. The van der Waals surface area contributed by atoms with Crippen LogP contribution in [0.2, 0.25) is 0 Å². The zero-order chi connectivity index (χ0) is 43.7. The predicted molar refractivity (Wildman–Crippen MR) is 244 cm³/mol. The molecule has 0 bridgehead atoms. The number of carbonyl (C=O) groups is 3. The van der Waals surface area contributed by atoms with Gasteiger partial charge >= 0.3 is 6.09 Å². The number of carbonyl (C=O) groups excluding carboxylic acids is 3. The van der Waals surface area contributed by atoms with Gasteiger partial charge in [-0.15, -0.1) is 0 Å². The van der Waals surface area contributed by atoms with Crippen LogP contribution in [0.15, 0.2) is 128 Å². The Morgan fingerprint density at radius 2 is 1.46 bits per heavy atom. The number of likely N-dealkylation sites (tertiary alicyclic amines) is 1. The number of fused-ring (bicyclic) bond motifs is 4. The quantitative estimate of drug-likeness (QED) is 0.0319. The van der Waals surface area contributed by atoms with Gasteiger partial charge in [0.05, 0.1) is 0 Å². The SMILES string of the molecule is N=C(N)NCCCC(NC(=O)OCC1c2ccccc2-c2ccccc21)C(=O)NC(Cc1ccccc1)C(=O)Nc1ccc2c(c1)c(CN1CCCC1)cn2Cc1ccc(F)cc1. The van der Waals surface area contributed by atoms with Gasteiger partial charge in [-0.25, -0.2) is 9.18 Å². The van der Waals surface area contributed by atoms with Crippen molar-refractivity contribution < 1.29 is 23.5 Å². The molecule has 13 heteroatoms. The van der Waals surface area contributed by atoms with E-state index in [2.05, 4.69) is 49.1 Å². The van der Waals surface area contributed by atoms with Crippen molar-refractivity contribution in [1.82, 2.24) is 25.4 Å². The van der Waals surface area contributed by atoms with Crippen LogP contribution >= 0.6 is 0 Å². The Kier molecular flexibility index (Phi) is 13.4. The third-order valence-corrected chi connectivity index (χ3v) is 11.9. The van der Waals surface area contributed by atoms with Crippen molar-refractivity contribution in [3.05, 3.63) is 161 Å². The van der Waals surface area contributed by atoms with E-state index in [1.165, 1.54) is 12.1 Å². The molecule has 2 aliphatic rings. The summed E-state index contributed by atoms with van der Waals surface area (Å²) in [5.74, 6) is -1.62. The highest BCUT2D eigenvalue weighted by Crippen LogP contribution is 2.44. The molecule has 63 heavy (non-hydrogen) atoms. The molecule has 7 N–H and O–H groups in total. The Hall–Kier alpha value is -6.99. The third-order valence-electron chi connectivity index (χ3n) is 11.9. The summed E-state index contributed by atoms with van der Waals surface area (Å²) in [6, 6.07) is 35.8. The maximum absolute atomic E-state index is 14.3. The second-order valence-corrected chi connectivity index (χ2v) is 16.4. The van der Waals surface area contributed by atoms with Crippen molar-refractivity contribution in [2.24, 2.45) is 5.73 Å². The van der Waals surface area contributed by atoms with E-state index in [4.69, 9.17) is 15.9 Å². The van der Waals surface area contributed by atoms with Crippen molar-refractivity contribution in [2.45, 2.75) is 63.2 Å². The van der Waals surface area contributed by atoms with Crippen LogP contribution in [0.25, 0.3) is 22.0 Å². The number of guanidine groups is 1. The zero-order valence-electron chi connectivity index (χ0n) is 35.1. The Bertz CT molecular complexity index is 2530. The Morgan fingerprint density at radius 1 is 0.778 bits per heavy atom. The summed E-state index contributed by atoms with van der Waals surface area (Å²) in [7, 11) is 0. The van der Waals surface area contributed by atoms with E-state index < -0.39 is 30.0 Å². The summed E-state index contributed by atoms with van der Waals surface area (Å²) in [5, 5.41) is 20.1. The maximum Gasteiger partial charge on any atom is 0.407 e. The van der Waals surface area contributed by atoms with Crippen molar-refractivity contribution in [3.63, 3.8) is 0 Å². The average molecular weight is 849 g/mol. The number of rotatable bonds is 17. The number of alkyl carbamates (subject to hydrolysis) is 1. The zero-order valence-corrected chi connectivity index (χ0v) is 35.1. The lowest BCUT2D eigenvalue weighted by atomic mass is 9.98. The summed E-state index contributed by atoms with van der Waals surface area (Å²) in [6.45, 7) is 3.73. The van der Waals surface area contributed by atoms with E-state index in [0.29, 0.717) is 25.2 Å². The van der Waals surface area contributed by atoms with Crippen LogP contribution in [-0.4, -0.2) is 71.7 Å². The van der Waals surface area contributed by atoms with E-state index in [-0.39, 0.29) is 37.1 Å². The first-order valence-corrected chi connectivity index (χ1v) is 21.6. The number of ether oxygens (including phenoxy) is 1. The van der Waals surface area contributed by atoms with E-state index in [1.54, 1.807) is 12.1 Å². The lowest BCUT2D eigenvalue weighted by Gasteiger charge is -2.24. The fourth-order valence-corrected chi connectivity index (χ4v) is 8.81. The van der Waals surface area contributed by atoms with Crippen LogP contribution in [0.1, 0.15) is 59.4 Å². The molecule has 5 aromatic carbocycles. The normalized spacial score (nSPS) is 14.4. The third kappa shape index (κ3) is 10.6. The summed E-state index contributed by atoms with van der Waals surface area (Å²) in [4.78, 5) is 44.5. The molecule has 2 atom stereocenters. The predicted octanol–water partition coefficient (Wildman–Crippen LogP) is 7.26. The highest BCUT2D eigenvalue weighted by molar-refractivity contribution is 6.00. The van der Waals surface area contributed by atoms with Gasteiger partial charge in [0.25, 0.3) is 0 Å². The number of hydrogen-bond donors (Lipinski definition) is 6. The molecular formula is C50H53FN8O4. The summed E-state index contributed by atoms with van der Waals surface area (Å²) in [5.41, 5.74) is 14.3. The molecule has 1 aromatic heterocycles. The molecule has 324 valence electrons. The molecule has 0 radical (unpaired) electrons. The van der Waals surface area contributed by atoms with Crippen LogP contribution in [-0.2, 0) is 33.8 Å². The molecule has 1 fully saturated rings. The minimum Gasteiger partial charge on any atom is -0.449 e. The van der Waals surface area contributed by atoms with Gasteiger partial charge in [-0.05, 0) is 108 Å². The van der Waals surface area contributed by atoms with Gasteiger partial charge in [0, 0.05) is 54.8 Å². The van der Waals surface area contributed by atoms with E-state index in [0.717, 1.165) is 82.3 Å². The molecule has 1 aliphatic heterocycles. The molecule has 3 amide bonds. The number of halogens is 1. The van der Waals surface area contributed by atoms with Crippen molar-refractivity contribution in [3.8, 4) is 11.1 Å². The number of benzene rings is 5. The molecule has 8 rings (SSSR count). The van der Waals surface area contributed by atoms with Gasteiger partial charge in [0.15, 0.2) is 5.96 Å². The number of anilines is 1. The lowest BCUT2D eigenvalue weighted by molar-refractivity contribution is -0.128. The maximum atomic E-state index is 14.3. The molecule has 12 nitrogen and oxygen atoms in total. The molecule has 0 saturated carbocycles. The van der Waals surface area contributed by atoms with Crippen LogP contribution in [0.3, 0.4) is 0 Å². The molecule has 2 unspecified atom stereocenters. The molecular weight excluding hydrogens is 796 g/mol. The lowest BCUT2D eigenvalue weighted by Crippen LogP contribution is -2.53. The number of nitrogens with one attached hydrogen (secondary N) is 5. The van der Waals surface area contributed by atoms with Gasteiger partial charge in [-0.2, -0.15) is 0 Å². The highest BCUT2D eigenvalue weighted by atomic mass is 19.1. The first kappa shape index (κ1) is 42.7. The number of hydrogen-bond acceptors (Lipinski definition) is 6. The summed E-state index contributed by atoms with van der Waals surface area (Å²) >= 11 is 0. The standard InChI is InChI=1S/C50H53FN8O4/c51-36-20-18-34(19-21-36)29-59-31-35(30-58-25-8-9-26-58)42-28-37(22-23-46(42)59)55-48(61)45(27-33-11-2-1-3-12-33)56-47(60)44(17-10-24-54-49(52)53)57-50(62)63-32-43-40-15-6-4-13-38(40)39-14-5-7-16-41(39)43/h1-7,11-16,18-23,28,31,43-45H,8-10,17,24-27,29-30,32H2,(H,55,61)(H,56,60)(H,57,62)(H4,52,53,54). The first-order chi connectivity index (χ1) is 30.7. The average Bonchev–Trinajstić information content (AvgIpc) is 4.01. The Balaban J connectivity index is 1.000. The van der Waals surface area contributed by atoms with Gasteiger partial charge in [-0.1, -0.05) is 91.0 Å². The fourth-order valence-electron chi connectivity index (χ4n) is 8.81. The molecule has 1 saturated heterocycles. The van der Waals surface area contributed by atoms with Gasteiger partial charge in [-0.3, -0.25) is 19.9 Å². The summed E-state index contributed by atoms with van der Waals surface area (Å²) in [6.07, 6.45) is 4.46. The number of aromatic nitrogens is 1. The van der Waals surface area contributed by atoms with Gasteiger partial charge in [0.2, 0.25) is 11.8 Å². The molecule has 2 heterocycles.